The van der Waals surface area contributed by atoms with Crippen molar-refractivity contribution < 1.29 is 9.31 Å². The van der Waals surface area contributed by atoms with Gasteiger partial charge in [-0.3, -0.25) is 0 Å². The summed E-state index contributed by atoms with van der Waals surface area (Å²) in [7, 11) is -0.346. The van der Waals surface area contributed by atoms with E-state index in [2.05, 4.69) is 65.5 Å². The molecule has 3 nitrogen and oxygen atoms in total. The van der Waals surface area contributed by atoms with Gasteiger partial charge in [0.05, 0.1) is 21.9 Å². The molecule has 0 radical (unpaired) electrons. The van der Waals surface area contributed by atoms with Crippen LogP contribution in [0, 0.1) is 6.92 Å². The molecule has 1 aromatic carbocycles. The predicted molar refractivity (Wildman–Crippen MR) is 107 cm³/mol. The zero-order chi connectivity index (χ0) is 18.2. The Morgan fingerprint density at radius 1 is 1.20 bits per heavy atom. The van der Waals surface area contributed by atoms with E-state index in [0.29, 0.717) is 0 Å². The molecule has 1 aliphatic rings. The number of benzene rings is 1. The van der Waals surface area contributed by atoms with E-state index < -0.39 is 0 Å². The number of aryl methyl sites for hydroxylation is 2. The van der Waals surface area contributed by atoms with E-state index in [4.69, 9.17) is 14.3 Å². The minimum Gasteiger partial charge on any atom is -0.399 e. The predicted octanol–water partition coefficient (Wildman–Crippen LogP) is 4.54. The lowest BCUT2D eigenvalue weighted by Gasteiger charge is -2.32. The first-order chi connectivity index (χ1) is 11.7. The Morgan fingerprint density at radius 3 is 2.52 bits per heavy atom. The van der Waals surface area contributed by atoms with Gasteiger partial charge < -0.3 is 9.31 Å². The van der Waals surface area contributed by atoms with Gasteiger partial charge >= 0.3 is 7.12 Å². The SMILES string of the molecule is C=CCCc1sc(C)nc1-c1cccc(B2OC(C)(C)C(C)(C)O2)c1. The van der Waals surface area contributed by atoms with Crippen molar-refractivity contribution in [2.45, 2.75) is 58.7 Å². The van der Waals surface area contributed by atoms with Gasteiger partial charge in [0.15, 0.2) is 0 Å². The molecular weight excluding hydrogens is 329 g/mol. The van der Waals surface area contributed by atoms with Gasteiger partial charge in [0.2, 0.25) is 0 Å². The smallest absolute Gasteiger partial charge is 0.399 e. The molecule has 1 fully saturated rings. The topological polar surface area (TPSA) is 31.4 Å². The van der Waals surface area contributed by atoms with Gasteiger partial charge in [0, 0.05) is 10.4 Å². The van der Waals surface area contributed by atoms with Crippen LogP contribution in [0.2, 0.25) is 0 Å². The fraction of sp³-hybridized carbons (Fsp3) is 0.450. The Balaban J connectivity index is 1.92. The summed E-state index contributed by atoms with van der Waals surface area (Å²) in [6.45, 7) is 14.2. The van der Waals surface area contributed by atoms with E-state index in [1.165, 1.54) is 4.88 Å². The Morgan fingerprint density at radius 2 is 1.88 bits per heavy atom. The summed E-state index contributed by atoms with van der Waals surface area (Å²) >= 11 is 1.77. The van der Waals surface area contributed by atoms with Gasteiger partial charge in [-0.25, -0.2) is 4.98 Å². The van der Waals surface area contributed by atoms with Crippen molar-refractivity contribution in [3.63, 3.8) is 0 Å². The highest BCUT2D eigenvalue weighted by Crippen LogP contribution is 2.37. The van der Waals surface area contributed by atoms with Gasteiger partial charge in [-0.2, -0.15) is 0 Å². The van der Waals surface area contributed by atoms with Crippen molar-refractivity contribution >= 4 is 23.9 Å². The van der Waals surface area contributed by atoms with Crippen LogP contribution >= 0.6 is 11.3 Å². The molecule has 1 aliphatic heterocycles. The summed E-state index contributed by atoms with van der Waals surface area (Å²) < 4.78 is 12.4. The lowest BCUT2D eigenvalue weighted by atomic mass is 9.78. The molecule has 0 aliphatic carbocycles. The molecule has 1 aromatic heterocycles. The van der Waals surface area contributed by atoms with Gasteiger partial charge in [0.25, 0.3) is 0 Å². The van der Waals surface area contributed by atoms with E-state index >= 15 is 0 Å². The van der Waals surface area contributed by atoms with E-state index in [-0.39, 0.29) is 18.3 Å². The number of nitrogens with zero attached hydrogens (tertiary/aromatic N) is 1. The third kappa shape index (κ3) is 3.59. The highest BCUT2D eigenvalue weighted by atomic mass is 32.1. The third-order valence-corrected chi connectivity index (χ3v) is 6.10. The molecule has 2 heterocycles. The Kier molecular flexibility index (Phi) is 4.93. The summed E-state index contributed by atoms with van der Waals surface area (Å²) in [4.78, 5) is 6.07. The first-order valence-corrected chi connectivity index (χ1v) is 9.58. The Hall–Kier alpha value is -1.43. The normalized spacial score (nSPS) is 18.5. The maximum absolute atomic E-state index is 6.19. The molecule has 1 saturated heterocycles. The average molecular weight is 355 g/mol. The summed E-state index contributed by atoms with van der Waals surface area (Å²) in [6, 6.07) is 8.38. The summed E-state index contributed by atoms with van der Waals surface area (Å²) in [5.41, 5.74) is 2.56. The molecule has 3 rings (SSSR count). The molecule has 0 saturated carbocycles. The summed E-state index contributed by atoms with van der Waals surface area (Å²) in [5, 5.41) is 1.09. The van der Waals surface area contributed by atoms with Crippen molar-refractivity contribution in [1.29, 1.82) is 0 Å². The molecule has 5 heteroatoms. The minimum atomic E-state index is -0.346. The maximum atomic E-state index is 6.19. The van der Waals surface area contributed by atoms with E-state index in [9.17, 15) is 0 Å². The van der Waals surface area contributed by atoms with Crippen LogP contribution in [0.15, 0.2) is 36.9 Å². The van der Waals surface area contributed by atoms with Crippen molar-refractivity contribution in [2.24, 2.45) is 0 Å². The zero-order valence-corrected chi connectivity index (χ0v) is 16.6. The van der Waals surface area contributed by atoms with Crippen LogP contribution in [-0.2, 0) is 15.7 Å². The number of rotatable bonds is 5. The highest BCUT2D eigenvalue weighted by molar-refractivity contribution is 7.12. The number of hydrogen-bond acceptors (Lipinski definition) is 4. The van der Waals surface area contributed by atoms with Crippen LogP contribution in [0.25, 0.3) is 11.3 Å². The number of thiazole rings is 1. The Bertz CT molecular complexity index is 766. The average Bonchev–Trinajstić information content (AvgIpc) is 3.02. The largest absolute Gasteiger partial charge is 0.494 e. The molecular formula is C20H26BNO2S. The second-order valence-electron chi connectivity index (χ2n) is 7.55. The molecule has 2 aromatic rings. The zero-order valence-electron chi connectivity index (χ0n) is 15.8. The molecule has 25 heavy (non-hydrogen) atoms. The lowest BCUT2D eigenvalue weighted by molar-refractivity contribution is 0.00578. The Labute approximate surface area is 155 Å². The maximum Gasteiger partial charge on any atom is 0.494 e. The van der Waals surface area contributed by atoms with Gasteiger partial charge in [-0.1, -0.05) is 30.3 Å². The molecule has 0 N–H and O–H groups in total. The van der Waals surface area contributed by atoms with E-state index in [0.717, 1.165) is 34.6 Å². The molecule has 0 unspecified atom stereocenters. The molecule has 0 atom stereocenters. The number of aromatic nitrogens is 1. The van der Waals surface area contributed by atoms with Crippen LogP contribution in [-0.4, -0.2) is 23.3 Å². The van der Waals surface area contributed by atoms with Gasteiger partial charge in [0.1, 0.15) is 0 Å². The molecule has 0 spiro atoms. The molecule has 132 valence electrons. The second-order valence-corrected chi connectivity index (χ2v) is 8.83. The van der Waals surface area contributed by atoms with Crippen LogP contribution in [0.1, 0.15) is 44.0 Å². The van der Waals surface area contributed by atoms with Crippen LogP contribution < -0.4 is 5.46 Å². The minimum absolute atomic E-state index is 0.333. The van der Waals surface area contributed by atoms with Crippen LogP contribution in [0.5, 0.6) is 0 Å². The van der Waals surface area contributed by atoms with Crippen LogP contribution in [0.3, 0.4) is 0 Å². The standard InChI is InChI=1S/C20H26BNO2S/c1-7-8-12-17-18(22-14(2)25-17)15-10-9-11-16(13-15)21-23-19(3,4)20(5,6)24-21/h7,9-11,13H,1,8,12H2,2-6H3. The van der Waals surface area contributed by atoms with Crippen LogP contribution in [0.4, 0.5) is 0 Å². The number of hydrogen-bond donors (Lipinski definition) is 0. The summed E-state index contributed by atoms with van der Waals surface area (Å²) in [6.07, 6.45) is 3.90. The van der Waals surface area contributed by atoms with Gasteiger partial charge in [-0.05, 0) is 52.9 Å². The lowest BCUT2D eigenvalue weighted by Crippen LogP contribution is -2.41. The number of allylic oxidation sites excluding steroid dienone is 1. The first-order valence-electron chi connectivity index (χ1n) is 8.77. The first kappa shape index (κ1) is 18.4. The van der Waals surface area contributed by atoms with Crippen molar-refractivity contribution in [1.82, 2.24) is 4.98 Å². The van der Waals surface area contributed by atoms with E-state index in [1.807, 2.05) is 6.08 Å². The van der Waals surface area contributed by atoms with Crippen molar-refractivity contribution in [2.75, 3.05) is 0 Å². The van der Waals surface area contributed by atoms with Gasteiger partial charge in [-0.15, -0.1) is 17.9 Å². The third-order valence-electron chi connectivity index (χ3n) is 5.07. The van der Waals surface area contributed by atoms with Crippen molar-refractivity contribution in [3.05, 3.63) is 46.8 Å². The molecule has 0 bridgehead atoms. The fourth-order valence-corrected chi connectivity index (χ4v) is 3.88. The quantitative estimate of drug-likeness (QED) is 0.583. The second kappa shape index (κ2) is 6.71. The fourth-order valence-electron chi connectivity index (χ4n) is 2.91. The van der Waals surface area contributed by atoms with E-state index in [1.54, 1.807) is 11.3 Å². The monoisotopic (exact) mass is 355 g/mol. The highest BCUT2D eigenvalue weighted by Gasteiger charge is 2.51. The van der Waals surface area contributed by atoms with Crippen molar-refractivity contribution in [3.8, 4) is 11.3 Å². The summed E-state index contributed by atoms with van der Waals surface area (Å²) in [5.74, 6) is 0. The molecule has 0 amide bonds.